The lowest BCUT2D eigenvalue weighted by atomic mass is 10.1. The zero-order valence-corrected chi connectivity index (χ0v) is 13.8. The molecule has 0 saturated heterocycles. The van der Waals surface area contributed by atoms with Crippen molar-refractivity contribution in [3.8, 4) is 5.69 Å². The maximum atomic E-state index is 13.1. The summed E-state index contributed by atoms with van der Waals surface area (Å²) < 4.78 is 14.7. The minimum Gasteiger partial charge on any atom is -0.322 e. The number of hydrogen-bond acceptors (Lipinski definition) is 2. The Balaban J connectivity index is 1.87. The molecule has 4 nitrogen and oxygen atoms in total. The average molecular weight is 323 g/mol. The Labute approximate surface area is 139 Å². The van der Waals surface area contributed by atoms with Crippen LogP contribution in [0.2, 0.25) is 0 Å². The standard InChI is InChI=1S/C19H18FN3O/c1-12-8-13(2)10-16(9-12)22-19(24)18-11-21-23(14(18)3)17-6-4-15(20)5-7-17/h4-11H,1-3H3,(H,22,24). The fourth-order valence-corrected chi connectivity index (χ4v) is 2.72. The van der Waals surface area contributed by atoms with Crippen molar-refractivity contribution in [3.05, 3.63) is 76.9 Å². The SMILES string of the molecule is Cc1cc(C)cc(NC(=O)c2cnn(-c3ccc(F)cc3)c2C)c1. The molecule has 0 bridgehead atoms. The maximum absolute atomic E-state index is 13.1. The number of aryl methyl sites for hydroxylation is 2. The number of aromatic nitrogens is 2. The molecule has 3 aromatic rings. The molecule has 0 radical (unpaired) electrons. The van der Waals surface area contributed by atoms with Crippen molar-refractivity contribution < 1.29 is 9.18 Å². The summed E-state index contributed by atoms with van der Waals surface area (Å²) in [5, 5.41) is 7.15. The van der Waals surface area contributed by atoms with Crippen LogP contribution in [-0.4, -0.2) is 15.7 Å². The topological polar surface area (TPSA) is 46.9 Å². The number of benzene rings is 2. The first kappa shape index (κ1) is 15.9. The van der Waals surface area contributed by atoms with Crippen LogP contribution in [-0.2, 0) is 0 Å². The molecule has 3 rings (SSSR count). The summed E-state index contributed by atoms with van der Waals surface area (Å²) in [4.78, 5) is 12.5. The van der Waals surface area contributed by atoms with Gasteiger partial charge in [0, 0.05) is 5.69 Å². The summed E-state index contributed by atoms with van der Waals surface area (Å²) in [6, 6.07) is 11.9. The van der Waals surface area contributed by atoms with E-state index in [1.807, 2.05) is 39.0 Å². The molecule has 122 valence electrons. The molecular weight excluding hydrogens is 305 g/mol. The molecular formula is C19H18FN3O. The molecule has 1 amide bonds. The third-order valence-electron chi connectivity index (χ3n) is 3.81. The number of halogens is 1. The van der Waals surface area contributed by atoms with Crippen molar-refractivity contribution in [3.63, 3.8) is 0 Å². The fraction of sp³-hybridized carbons (Fsp3) is 0.158. The Bertz CT molecular complexity index is 877. The number of rotatable bonds is 3. The van der Waals surface area contributed by atoms with Gasteiger partial charge in [0.1, 0.15) is 5.82 Å². The van der Waals surface area contributed by atoms with E-state index in [9.17, 15) is 9.18 Å². The van der Waals surface area contributed by atoms with Crippen LogP contribution in [0.4, 0.5) is 10.1 Å². The summed E-state index contributed by atoms with van der Waals surface area (Å²) >= 11 is 0. The third-order valence-corrected chi connectivity index (χ3v) is 3.81. The van der Waals surface area contributed by atoms with Crippen LogP contribution in [0.3, 0.4) is 0 Å². The summed E-state index contributed by atoms with van der Waals surface area (Å²) in [6.07, 6.45) is 1.52. The normalized spacial score (nSPS) is 10.7. The summed E-state index contributed by atoms with van der Waals surface area (Å²) in [5.74, 6) is -0.526. The van der Waals surface area contributed by atoms with Gasteiger partial charge in [0.05, 0.1) is 23.1 Å². The van der Waals surface area contributed by atoms with Gasteiger partial charge in [-0.25, -0.2) is 9.07 Å². The van der Waals surface area contributed by atoms with Crippen molar-refractivity contribution in [1.29, 1.82) is 0 Å². The number of carbonyl (C=O) groups excluding carboxylic acids is 1. The second kappa shape index (κ2) is 6.28. The van der Waals surface area contributed by atoms with Crippen LogP contribution in [0, 0.1) is 26.6 Å². The van der Waals surface area contributed by atoms with Crippen LogP contribution in [0.25, 0.3) is 5.69 Å². The van der Waals surface area contributed by atoms with Gasteiger partial charge in [-0.15, -0.1) is 0 Å². The molecule has 0 aliphatic rings. The van der Waals surface area contributed by atoms with E-state index in [1.165, 1.54) is 18.3 Å². The van der Waals surface area contributed by atoms with Gasteiger partial charge in [-0.3, -0.25) is 4.79 Å². The first-order chi connectivity index (χ1) is 11.4. The van der Waals surface area contributed by atoms with Gasteiger partial charge in [-0.05, 0) is 68.3 Å². The van der Waals surface area contributed by atoms with E-state index in [2.05, 4.69) is 10.4 Å². The van der Waals surface area contributed by atoms with Gasteiger partial charge < -0.3 is 5.32 Å². The quantitative estimate of drug-likeness (QED) is 0.785. The smallest absolute Gasteiger partial charge is 0.259 e. The number of nitrogens with zero attached hydrogens (tertiary/aromatic N) is 2. The van der Waals surface area contributed by atoms with Crippen molar-refractivity contribution in [2.24, 2.45) is 0 Å². The highest BCUT2D eigenvalue weighted by molar-refractivity contribution is 6.05. The zero-order chi connectivity index (χ0) is 17.3. The van der Waals surface area contributed by atoms with E-state index in [1.54, 1.807) is 16.8 Å². The van der Waals surface area contributed by atoms with Gasteiger partial charge in [-0.2, -0.15) is 5.10 Å². The van der Waals surface area contributed by atoms with Gasteiger partial charge in [0.25, 0.3) is 5.91 Å². The molecule has 0 unspecified atom stereocenters. The van der Waals surface area contributed by atoms with Crippen molar-refractivity contribution in [2.75, 3.05) is 5.32 Å². The molecule has 0 aliphatic heterocycles. The minimum absolute atomic E-state index is 0.217. The Morgan fingerprint density at radius 1 is 1.04 bits per heavy atom. The highest BCUT2D eigenvalue weighted by Crippen LogP contribution is 2.18. The van der Waals surface area contributed by atoms with E-state index in [0.29, 0.717) is 16.9 Å². The number of anilines is 1. The molecule has 0 atom stereocenters. The lowest BCUT2D eigenvalue weighted by molar-refractivity contribution is 0.102. The van der Waals surface area contributed by atoms with E-state index < -0.39 is 0 Å². The largest absolute Gasteiger partial charge is 0.322 e. The number of carbonyl (C=O) groups is 1. The van der Waals surface area contributed by atoms with E-state index in [0.717, 1.165) is 16.8 Å². The minimum atomic E-state index is -0.309. The number of hydrogen-bond donors (Lipinski definition) is 1. The molecule has 0 aliphatic carbocycles. The molecule has 2 aromatic carbocycles. The second-order valence-corrected chi connectivity index (χ2v) is 5.86. The molecule has 0 fully saturated rings. The van der Waals surface area contributed by atoms with Gasteiger partial charge >= 0.3 is 0 Å². The summed E-state index contributed by atoms with van der Waals surface area (Å²) in [7, 11) is 0. The average Bonchev–Trinajstić information content (AvgIpc) is 2.89. The van der Waals surface area contributed by atoms with Crippen LogP contribution in [0.5, 0.6) is 0 Å². The Morgan fingerprint density at radius 2 is 1.67 bits per heavy atom. The van der Waals surface area contributed by atoms with Crippen molar-refractivity contribution in [1.82, 2.24) is 9.78 Å². The van der Waals surface area contributed by atoms with Crippen LogP contribution >= 0.6 is 0 Å². The van der Waals surface area contributed by atoms with E-state index >= 15 is 0 Å². The van der Waals surface area contributed by atoms with Crippen LogP contribution in [0.1, 0.15) is 27.2 Å². The summed E-state index contributed by atoms with van der Waals surface area (Å²) in [6.45, 7) is 5.79. The first-order valence-corrected chi connectivity index (χ1v) is 7.64. The Hall–Kier alpha value is -2.95. The number of nitrogens with one attached hydrogen (secondary N) is 1. The molecule has 24 heavy (non-hydrogen) atoms. The van der Waals surface area contributed by atoms with Gasteiger partial charge in [-0.1, -0.05) is 6.07 Å². The highest BCUT2D eigenvalue weighted by atomic mass is 19.1. The molecule has 1 aromatic heterocycles. The molecule has 1 heterocycles. The lowest BCUT2D eigenvalue weighted by Crippen LogP contribution is -2.13. The van der Waals surface area contributed by atoms with Crippen molar-refractivity contribution >= 4 is 11.6 Å². The highest BCUT2D eigenvalue weighted by Gasteiger charge is 2.15. The van der Waals surface area contributed by atoms with Crippen molar-refractivity contribution in [2.45, 2.75) is 20.8 Å². The molecule has 0 spiro atoms. The third kappa shape index (κ3) is 3.20. The predicted octanol–water partition coefficient (Wildman–Crippen LogP) is 4.19. The summed E-state index contributed by atoms with van der Waals surface area (Å²) in [5.41, 5.74) is 4.82. The van der Waals surface area contributed by atoms with Crippen LogP contribution < -0.4 is 5.32 Å². The Morgan fingerprint density at radius 3 is 2.29 bits per heavy atom. The second-order valence-electron chi connectivity index (χ2n) is 5.86. The molecule has 1 N–H and O–H groups in total. The molecule has 0 saturated carbocycles. The maximum Gasteiger partial charge on any atom is 0.259 e. The fourth-order valence-electron chi connectivity index (χ4n) is 2.72. The van der Waals surface area contributed by atoms with E-state index in [-0.39, 0.29) is 11.7 Å². The van der Waals surface area contributed by atoms with Crippen LogP contribution in [0.15, 0.2) is 48.7 Å². The van der Waals surface area contributed by atoms with Gasteiger partial charge in [0.2, 0.25) is 0 Å². The monoisotopic (exact) mass is 323 g/mol. The zero-order valence-electron chi connectivity index (χ0n) is 13.8. The Kier molecular flexibility index (Phi) is 4.16. The lowest BCUT2D eigenvalue weighted by Gasteiger charge is -2.08. The first-order valence-electron chi connectivity index (χ1n) is 7.64. The predicted molar refractivity (Wildman–Crippen MR) is 92.1 cm³/mol. The van der Waals surface area contributed by atoms with Gasteiger partial charge in [0.15, 0.2) is 0 Å². The molecule has 5 heteroatoms. The van der Waals surface area contributed by atoms with E-state index in [4.69, 9.17) is 0 Å². The number of amides is 1.